The van der Waals surface area contributed by atoms with Crippen molar-refractivity contribution in [3.63, 3.8) is 0 Å². The highest BCUT2D eigenvalue weighted by molar-refractivity contribution is 5.92. The number of carboxylic acids is 1. The number of aromatic hydroxyl groups is 1. The Kier molecular flexibility index (Phi) is 9.63. The molecule has 0 aliphatic rings. The van der Waals surface area contributed by atoms with Crippen molar-refractivity contribution in [2.45, 2.75) is 51.3 Å². The first-order valence-electron chi connectivity index (χ1n) is 11.0. The number of phenols is 1. The molecule has 0 aliphatic carbocycles. The molecule has 0 aliphatic heterocycles. The molecule has 188 valence electrons. The molecule has 0 fully saturated rings. The van der Waals surface area contributed by atoms with Gasteiger partial charge in [0.2, 0.25) is 11.8 Å². The number of carboxylic acid groups (broad SMARTS) is 1. The summed E-state index contributed by atoms with van der Waals surface area (Å²) in [4.78, 5) is 49.2. The van der Waals surface area contributed by atoms with E-state index in [1.54, 1.807) is 63.2 Å². The summed E-state index contributed by atoms with van der Waals surface area (Å²) < 4.78 is 5.27. The number of carbonyl (C=O) groups excluding carboxylic acids is 3. The van der Waals surface area contributed by atoms with Gasteiger partial charge in [0.05, 0.1) is 0 Å². The number of hydrogen-bond acceptors (Lipinski definition) is 6. The molecular weight excluding hydrogens is 454 g/mol. The molecule has 0 heterocycles. The summed E-state index contributed by atoms with van der Waals surface area (Å²) in [6, 6.07) is 12.8. The van der Waals surface area contributed by atoms with Crippen molar-refractivity contribution < 1.29 is 34.1 Å². The zero-order valence-electron chi connectivity index (χ0n) is 19.9. The third-order valence-electron chi connectivity index (χ3n) is 4.71. The number of aliphatic carboxylic acids is 1. The number of hydrogen-bond donors (Lipinski definition) is 5. The predicted octanol–water partition coefficient (Wildman–Crippen LogP) is 1.76. The molecule has 3 amide bonds. The summed E-state index contributed by atoms with van der Waals surface area (Å²) in [6.45, 7) is 4.45. The molecule has 10 nitrogen and oxygen atoms in total. The molecule has 35 heavy (non-hydrogen) atoms. The second-order valence-corrected chi connectivity index (χ2v) is 8.93. The van der Waals surface area contributed by atoms with E-state index in [2.05, 4.69) is 16.0 Å². The lowest BCUT2D eigenvalue weighted by atomic mass is 10.0. The van der Waals surface area contributed by atoms with Gasteiger partial charge in [0.15, 0.2) is 0 Å². The van der Waals surface area contributed by atoms with Crippen LogP contribution in [0.5, 0.6) is 5.75 Å². The van der Waals surface area contributed by atoms with Crippen molar-refractivity contribution in [2.75, 3.05) is 6.54 Å². The number of benzene rings is 2. The van der Waals surface area contributed by atoms with Crippen molar-refractivity contribution in [1.29, 1.82) is 0 Å². The van der Waals surface area contributed by atoms with E-state index in [-0.39, 0.29) is 18.6 Å². The van der Waals surface area contributed by atoms with Crippen LogP contribution >= 0.6 is 0 Å². The van der Waals surface area contributed by atoms with Crippen LogP contribution in [0.25, 0.3) is 0 Å². The van der Waals surface area contributed by atoms with E-state index in [9.17, 15) is 24.3 Å². The Morgan fingerprint density at radius 3 is 1.91 bits per heavy atom. The quantitative estimate of drug-likeness (QED) is 0.343. The monoisotopic (exact) mass is 485 g/mol. The van der Waals surface area contributed by atoms with Gasteiger partial charge in [-0.2, -0.15) is 0 Å². The second-order valence-electron chi connectivity index (χ2n) is 8.93. The molecule has 2 rings (SSSR count). The highest BCUT2D eigenvalue weighted by Crippen LogP contribution is 2.13. The number of ether oxygens (including phenoxy) is 1. The Bertz CT molecular complexity index is 1020. The molecule has 0 saturated heterocycles. The lowest BCUT2D eigenvalue weighted by molar-refractivity contribution is -0.138. The van der Waals surface area contributed by atoms with Crippen LogP contribution < -0.4 is 16.0 Å². The van der Waals surface area contributed by atoms with Crippen LogP contribution in [0.1, 0.15) is 31.9 Å². The number of amides is 3. The first-order valence-corrected chi connectivity index (χ1v) is 11.0. The van der Waals surface area contributed by atoms with Crippen LogP contribution in [0, 0.1) is 0 Å². The minimum Gasteiger partial charge on any atom is -0.508 e. The molecule has 2 atom stereocenters. The lowest BCUT2D eigenvalue weighted by Crippen LogP contribution is -2.55. The molecule has 0 bridgehead atoms. The molecule has 2 aromatic carbocycles. The van der Waals surface area contributed by atoms with Gasteiger partial charge in [0.25, 0.3) is 0 Å². The smallest absolute Gasteiger partial charge is 0.408 e. The van der Waals surface area contributed by atoms with Crippen molar-refractivity contribution in [1.82, 2.24) is 16.0 Å². The molecule has 10 heteroatoms. The Morgan fingerprint density at radius 2 is 1.37 bits per heavy atom. The fourth-order valence-corrected chi connectivity index (χ4v) is 3.14. The van der Waals surface area contributed by atoms with E-state index in [0.29, 0.717) is 5.56 Å². The topological polar surface area (TPSA) is 154 Å². The molecular formula is C25H31N3O7. The number of nitrogens with one attached hydrogen (secondary N) is 3. The minimum atomic E-state index is -1.22. The summed E-state index contributed by atoms with van der Waals surface area (Å²) in [7, 11) is 0. The van der Waals surface area contributed by atoms with Crippen molar-refractivity contribution in [3.05, 3.63) is 65.7 Å². The van der Waals surface area contributed by atoms with E-state index in [0.717, 1.165) is 5.56 Å². The first kappa shape index (κ1) is 27.2. The Morgan fingerprint density at radius 1 is 0.829 bits per heavy atom. The molecule has 0 unspecified atom stereocenters. The van der Waals surface area contributed by atoms with E-state index in [1.165, 1.54) is 12.1 Å². The van der Waals surface area contributed by atoms with Crippen LogP contribution in [0.3, 0.4) is 0 Å². The highest BCUT2D eigenvalue weighted by atomic mass is 16.6. The van der Waals surface area contributed by atoms with E-state index in [1.807, 2.05) is 0 Å². The van der Waals surface area contributed by atoms with Gasteiger partial charge in [-0.15, -0.1) is 0 Å². The third kappa shape index (κ3) is 10.2. The largest absolute Gasteiger partial charge is 0.508 e. The average Bonchev–Trinajstić information content (AvgIpc) is 2.77. The van der Waals surface area contributed by atoms with E-state index < -0.39 is 48.1 Å². The molecule has 0 spiro atoms. The standard InChI is InChI=1S/C25H31N3O7/c1-25(2,3)35-24(34)28-20(14-17-9-11-18(29)12-10-17)23(33)27-19(22(32)26-15-21(30)31)13-16-7-5-4-6-8-16/h4-12,19-20,29H,13-15H2,1-3H3,(H,26,32)(H,27,33)(H,28,34)(H,30,31)/t19-,20+/m1/s1. The van der Waals surface area contributed by atoms with Gasteiger partial charge in [0.1, 0.15) is 30.0 Å². The summed E-state index contributed by atoms with van der Waals surface area (Å²) in [5.74, 6) is -2.51. The molecule has 0 radical (unpaired) electrons. The van der Waals surface area contributed by atoms with Gasteiger partial charge in [-0.3, -0.25) is 14.4 Å². The fraction of sp³-hybridized carbons (Fsp3) is 0.360. The summed E-state index contributed by atoms with van der Waals surface area (Å²) in [6.07, 6.45) is -0.650. The van der Waals surface area contributed by atoms with Crippen LogP contribution in [-0.4, -0.2) is 58.3 Å². The minimum absolute atomic E-state index is 0.0490. The average molecular weight is 486 g/mol. The normalized spacial score (nSPS) is 12.7. The van der Waals surface area contributed by atoms with Crippen molar-refractivity contribution in [3.8, 4) is 5.75 Å². The maximum absolute atomic E-state index is 13.2. The Hall–Kier alpha value is -4.08. The zero-order valence-corrected chi connectivity index (χ0v) is 19.9. The van der Waals surface area contributed by atoms with Crippen LogP contribution in [0.15, 0.2) is 54.6 Å². The predicted molar refractivity (Wildman–Crippen MR) is 128 cm³/mol. The van der Waals surface area contributed by atoms with Crippen molar-refractivity contribution >= 4 is 23.9 Å². The van der Waals surface area contributed by atoms with Crippen molar-refractivity contribution in [2.24, 2.45) is 0 Å². The number of carbonyl (C=O) groups is 4. The number of phenolic OH excluding ortho intramolecular Hbond substituents is 1. The van der Waals surface area contributed by atoms with Crippen LogP contribution in [-0.2, 0) is 32.0 Å². The SMILES string of the molecule is CC(C)(C)OC(=O)N[C@@H](Cc1ccc(O)cc1)C(=O)N[C@H](Cc1ccccc1)C(=O)NCC(=O)O. The third-order valence-corrected chi connectivity index (χ3v) is 4.71. The molecule has 5 N–H and O–H groups in total. The van der Waals surface area contributed by atoms with Gasteiger partial charge < -0.3 is 30.9 Å². The summed E-state index contributed by atoms with van der Waals surface area (Å²) in [5, 5.41) is 25.9. The first-order chi connectivity index (χ1) is 16.4. The Balaban J connectivity index is 2.24. The maximum Gasteiger partial charge on any atom is 0.408 e. The Labute approximate surface area is 203 Å². The van der Waals surface area contributed by atoms with Gasteiger partial charge in [-0.25, -0.2) is 4.79 Å². The molecule has 0 aromatic heterocycles. The maximum atomic E-state index is 13.2. The molecule has 2 aromatic rings. The van der Waals surface area contributed by atoms with Crippen LogP contribution in [0.2, 0.25) is 0 Å². The fourth-order valence-electron chi connectivity index (χ4n) is 3.14. The highest BCUT2D eigenvalue weighted by Gasteiger charge is 2.29. The molecule has 0 saturated carbocycles. The number of rotatable bonds is 10. The number of alkyl carbamates (subject to hydrolysis) is 1. The van der Waals surface area contributed by atoms with E-state index >= 15 is 0 Å². The second kappa shape index (κ2) is 12.4. The summed E-state index contributed by atoms with van der Waals surface area (Å²) >= 11 is 0. The van der Waals surface area contributed by atoms with E-state index in [4.69, 9.17) is 9.84 Å². The van der Waals surface area contributed by atoms with Gasteiger partial charge in [-0.1, -0.05) is 42.5 Å². The van der Waals surface area contributed by atoms with Gasteiger partial charge in [0, 0.05) is 12.8 Å². The lowest BCUT2D eigenvalue weighted by Gasteiger charge is -2.25. The zero-order chi connectivity index (χ0) is 26.0. The van der Waals surface area contributed by atoms with Gasteiger partial charge in [-0.05, 0) is 44.0 Å². The van der Waals surface area contributed by atoms with Gasteiger partial charge >= 0.3 is 12.1 Å². The van der Waals surface area contributed by atoms with Crippen LogP contribution in [0.4, 0.5) is 4.79 Å². The summed E-state index contributed by atoms with van der Waals surface area (Å²) in [5.41, 5.74) is 0.600.